The van der Waals surface area contributed by atoms with Crippen LogP contribution in [0.25, 0.3) is 0 Å². The van der Waals surface area contributed by atoms with Crippen LogP contribution in [0.2, 0.25) is 0 Å². The maximum absolute atomic E-state index is 12.4. The Bertz CT molecular complexity index is 625. The van der Waals surface area contributed by atoms with E-state index in [0.717, 1.165) is 12.3 Å². The number of carbonyl (C=O) groups excluding carboxylic acids is 1. The molecule has 0 spiro atoms. The van der Waals surface area contributed by atoms with Gasteiger partial charge in [-0.2, -0.15) is 5.10 Å². The van der Waals surface area contributed by atoms with E-state index in [0.29, 0.717) is 17.5 Å². The zero-order chi connectivity index (χ0) is 16.0. The number of nitrogens with one attached hydrogen (secondary N) is 1. The molecule has 0 aromatic carbocycles. The highest BCUT2D eigenvalue weighted by atomic mass is 16.6. The SMILES string of the molecule is Cc1c([N+](=O)[O-])c(C(=O)N[C@H](C)[C@H]2C[C@@H]3CC[C@@H]2C3)nn1C. The van der Waals surface area contributed by atoms with Crippen molar-refractivity contribution in [2.24, 2.45) is 24.8 Å². The van der Waals surface area contributed by atoms with Crippen molar-refractivity contribution in [2.75, 3.05) is 0 Å². The first kappa shape index (κ1) is 15.0. The molecule has 3 rings (SSSR count). The number of nitrogens with zero attached hydrogens (tertiary/aromatic N) is 3. The number of aryl methyl sites for hydroxylation is 1. The first-order valence-corrected chi connectivity index (χ1v) is 7.87. The van der Waals surface area contributed by atoms with Gasteiger partial charge in [0.05, 0.1) is 4.92 Å². The van der Waals surface area contributed by atoms with Gasteiger partial charge in [0.1, 0.15) is 5.69 Å². The molecule has 4 atom stereocenters. The van der Waals surface area contributed by atoms with Gasteiger partial charge >= 0.3 is 5.69 Å². The summed E-state index contributed by atoms with van der Waals surface area (Å²) in [6, 6.07) is 0.0321. The molecule has 0 radical (unpaired) electrons. The zero-order valence-corrected chi connectivity index (χ0v) is 13.2. The first-order valence-electron chi connectivity index (χ1n) is 7.87. The lowest BCUT2D eigenvalue weighted by Gasteiger charge is -2.28. The lowest BCUT2D eigenvalue weighted by Crippen LogP contribution is -2.40. The molecule has 1 aromatic heterocycles. The highest BCUT2D eigenvalue weighted by Crippen LogP contribution is 2.49. The van der Waals surface area contributed by atoms with E-state index in [1.54, 1.807) is 14.0 Å². The number of amides is 1. The van der Waals surface area contributed by atoms with E-state index in [2.05, 4.69) is 10.4 Å². The highest BCUT2D eigenvalue weighted by Gasteiger charge is 2.42. The molecule has 120 valence electrons. The van der Waals surface area contributed by atoms with Crippen molar-refractivity contribution in [1.82, 2.24) is 15.1 Å². The molecule has 0 unspecified atom stereocenters. The summed E-state index contributed by atoms with van der Waals surface area (Å²) in [5.41, 5.74) is 0.114. The van der Waals surface area contributed by atoms with E-state index in [1.165, 1.54) is 23.9 Å². The topological polar surface area (TPSA) is 90.1 Å². The fraction of sp³-hybridized carbons (Fsp3) is 0.733. The Morgan fingerprint density at radius 1 is 1.45 bits per heavy atom. The van der Waals surface area contributed by atoms with Crippen LogP contribution in [-0.2, 0) is 7.05 Å². The van der Waals surface area contributed by atoms with Gasteiger partial charge in [0.15, 0.2) is 0 Å². The van der Waals surface area contributed by atoms with Crippen molar-refractivity contribution in [1.29, 1.82) is 0 Å². The number of carbonyl (C=O) groups is 1. The Morgan fingerprint density at radius 3 is 2.73 bits per heavy atom. The summed E-state index contributed by atoms with van der Waals surface area (Å²) in [5, 5.41) is 18.1. The molecule has 2 saturated carbocycles. The molecule has 7 heteroatoms. The predicted molar refractivity (Wildman–Crippen MR) is 80.5 cm³/mol. The number of nitro groups is 1. The fourth-order valence-corrected chi connectivity index (χ4v) is 4.26. The van der Waals surface area contributed by atoms with Gasteiger partial charge in [0, 0.05) is 13.1 Å². The second kappa shape index (κ2) is 5.37. The van der Waals surface area contributed by atoms with Crippen LogP contribution < -0.4 is 5.32 Å². The monoisotopic (exact) mass is 306 g/mol. The van der Waals surface area contributed by atoms with Crippen molar-refractivity contribution in [3.05, 3.63) is 21.5 Å². The lowest BCUT2D eigenvalue weighted by molar-refractivity contribution is -0.385. The van der Waals surface area contributed by atoms with Gasteiger partial charge in [-0.1, -0.05) is 6.42 Å². The smallest absolute Gasteiger partial charge is 0.322 e. The summed E-state index contributed by atoms with van der Waals surface area (Å²) in [6.45, 7) is 3.60. The Hall–Kier alpha value is -1.92. The molecule has 1 N–H and O–H groups in total. The third-order valence-electron chi connectivity index (χ3n) is 5.49. The Labute approximate surface area is 129 Å². The summed E-state index contributed by atoms with van der Waals surface area (Å²) >= 11 is 0. The van der Waals surface area contributed by atoms with E-state index in [1.807, 2.05) is 6.92 Å². The number of rotatable bonds is 4. The molecule has 0 aliphatic heterocycles. The predicted octanol–water partition coefficient (Wildman–Crippen LogP) is 2.19. The largest absolute Gasteiger partial charge is 0.348 e. The van der Waals surface area contributed by atoms with E-state index in [4.69, 9.17) is 0 Å². The van der Waals surface area contributed by atoms with Crippen LogP contribution in [0.3, 0.4) is 0 Å². The maximum atomic E-state index is 12.4. The minimum Gasteiger partial charge on any atom is -0.348 e. The second-order valence-corrected chi connectivity index (χ2v) is 6.76. The van der Waals surface area contributed by atoms with Gasteiger partial charge < -0.3 is 5.32 Å². The average molecular weight is 306 g/mol. The standard InChI is InChI=1S/C15H22N4O3/c1-8(12-7-10-4-5-11(12)6-10)16-15(20)13-14(19(21)22)9(2)18(3)17-13/h8,10-12H,4-7H2,1-3H3,(H,16,20)/t8-,10-,11-,12-/m1/s1. The highest BCUT2D eigenvalue weighted by molar-refractivity contribution is 5.96. The van der Waals surface area contributed by atoms with E-state index < -0.39 is 10.8 Å². The molecule has 2 fully saturated rings. The Kier molecular flexibility index (Phi) is 3.66. The number of aromatic nitrogens is 2. The van der Waals surface area contributed by atoms with Gasteiger partial charge in [0.2, 0.25) is 5.69 Å². The van der Waals surface area contributed by atoms with Gasteiger partial charge in [-0.3, -0.25) is 19.6 Å². The molecule has 1 amide bonds. The van der Waals surface area contributed by atoms with E-state index >= 15 is 0 Å². The van der Waals surface area contributed by atoms with Gasteiger partial charge in [-0.05, 0) is 50.9 Å². The van der Waals surface area contributed by atoms with Crippen LogP contribution >= 0.6 is 0 Å². The number of hydrogen-bond acceptors (Lipinski definition) is 4. The van der Waals surface area contributed by atoms with Crippen LogP contribution in [0.5, 0.6) is 0 Å². The van der Waals surface area contributed by atoms with Gasteiger partial charge in [-0.15, -0.1) is 0 Å². The van der Waals surface area contributed by atoms with Crippen molar-refractivity contribution in [2.45, 2.75) is 45.6 Å². The number of hydrogen-bond donors (Lipinski definition) is 1. The lowest BCUT2D eigenvalue weighted by atomic mass is 9.84. The van der Waals surface area contributed by atoms with Crippen molar-refractivity contribution in [3.63, 3.8) is 0 Å². The van der Waals surface area contributed by atoms with Crippen molar-refractivity contribution in [3.8, 4) is 0 Å². The zero-order valence-electron chi connectivity index (χ0n) is 13.2. The number of fused-ring (bicyclic) bond motifs is 2. The van der Waals surface area contributed by atoms with Gasteiger partial charge in [-0.25, -0.2) is 0 Å². The molecule has 0 saturated heterocycles. The van der Waals surface area contributed by atoms with Crippen LogP contribution in [0.4, 0.5) is 5.69 Å². The molecular weight excluding hydrogens is 284 g/mol. The quantitative estimate of drug-likeness (QED) is 0.682. The minimum atomic E-state index is -0.528. The minimum absolute atomic E-state index is 0.0321. The van der Waals surface area contributed by atoms with Crippen LogP contribution in [0.1, 0.15) is 48.8 Å². The van der Waals surface area contributed by atoms with Crippen LogP contribution in [-0.4, -0.2) is 26.7 Å². The third-order valence-corrected chi connectivity index (χ3v) is 5.49. The summed E-state index contributed by atoms with van der Waals surface area (Å²) in [5.74, 6) is 1.55. The van der Waals surface area contributed by atoms with Crippen molar-refractivity contribution < 1.29 is 9.72 Å². The molecule has 2 bridgehead atoms. The Morgan fingerprint density at radius 2 is 2.18 bits per heavy atom. The van der Waals surface area contributed by atoms with Crippen LogP contribution in [0, 0.1) is 34.8 Å². The molecule has 1 heterocycles. The first-order chi connectivity index (χ1) is 10.4. The summed E-state index contributed by atoms with van der Waals surface area (Å²) in [6.07, 6.45) is 4.99. The Balaban J connectivity index is 1.75. The third kappa shape index (κ3) is 2.38. The average Bonchev–Trinajstić information content (AvgIpc) is 3.14. The summed E-state index contributed by atoms with van der Waals surface area (Å²) in [4.78, 5) is 23.1. The van der Waals surface area contributed by atoms with E-state index in [9.17, 15) is 14.9 Å². The molecule has 2 aliphatic rings. The molecular formula is C15H22N4O3. The molecule has 1 aromatic rings. The summed E-state index contributed by atoms with van der Waals surface area (Å²) in [7, 11) is 1.61. The maximum Gasteiger partial charge on any atom is 0.322 e. The van der Waals surface area contributed by atoms with E-state index in [-0.39, 0.29) is 17.4 Å². The summed E-state index contributed by atoms with van der Waals surface area (Å²) < 4.78 is 1.38. The van der Waals surface area contributed by atoms with Gasteiger partial charge in [0.25, 0.3) is 5.91 Å². The fourth-order valence-electron chi connectivity index (χ4n) is 4.26. The second-order valence-electron chi connectivity index (χ2n) is 6.76. The van der Waals surface area contributed by atoms with Crippen LogP contribution in [0.15, 0.2) is 0 Å². The van der Waals surface area contributed by atoms with Crippen molar-refractivity contribution >= 4 is 11.6 Å². The normalized spacial score (nSPS) is 27.9. The molecule has 7 nitrogen and oxygen atoms in total. The molecule has 2 aliphatic carbocycles. The molecule has 22 heavy (non-hydrogen) atoms.